The summed E-state index contributed by atoms with van der Waals surface area (Å²) in [5.41, 5.74) is 2.77. The van der Waals surface area contributed by atoms with Crippen LogP contribution >= 0.6 is 0 Å². The van der Waals surface area contributed by atoms with Crippen molar-refractivity contribution in [3.63, 3.8) is 0 Å². The topological polar surface area (TPSA) is 74.7 Å². The molecule has 3 aromatic carbocycles. The smallest absolute Gasteiger partial charge is 0.263 e. The predicted molar refractivity (Wildman–Crippen MR) is 154 cm³/mol. The van der Waals surface area contributed by atoms with Crippen molar-refractivity contribution in [2.45, 2.75) is 32.9 Å². The van der Waals surface area contributed by atoms with Gasteiger partial charge in [-0.15, -0.1) is 0 Å². The van der Waals surface area contributed by atoms with Crippen molar-refractivity contribution in [3.05, 3.63) is 112 Å². The molecule has 1 N–H and O–H groups in total. The van der Waals surface area contributed by atoms with Gasteiger partial charge in [-0.1, -0.05) is 73.7 Å². The number of pyridine rings is 1. The highest BCUT2D eigenvalue weighted by Crippen LogP contribution is 2.26. The summed E-state index contributed by atoms with van der Waals surface area (Å²) in [5.74, 6) is -0.142. The van der Waals surface area contributed by atoms with E-state index in [1.807, 2.05) is 83.8 Å². The van der Waals surface area contributed by atoms with Gasteiger partial charge >= 0.3 is 0 Å². The summed E-state index contributed by atoms with van der Waals surface area (Å²) in [6.07, 6.45) is 0.731. The summed E-state index contributed by atoms with van der Waals surface area (Å²) < 4.78 is 1.69. The summed E-state index contributed by atoms with van der Waals surface area (Å²) in [6, 6.07) is 26.6. The molecule has 0 bridgehead atoms. The van der Waals surface area contributed by atoms with Crippen molar-refractivity contribution in [1.29, 1.82) is 0 Å². The van der Waals surface area contributed by atoms with Crippen LogP contribution in [-0.4, -0.2) is 52.4 Å². The quantitative estimate of drug-likeness (QED) is 0.387. The second-order valence-corrected chi connectivity index (χ2v) is 9.97. The number of piperazine rings is 1. The van der Waals surface area contributed by atoms with E-state index in [1.54, 1.807) is 17.6 Å². The van der Waals surface area contributed by atoms with Gasteiger partial charge < -0.3 is 10.2 Å². The molecule has 0 spiro atoms. The molecule has 7 heteroatoms. The number of carbonyl (C=O) groups is 2. The lowest BCUT2D eigenvalue weighted by molar-refractivity contribution is -0.130. The maximum absolute atomic E-state index is 14.2. The van der Waals surface area contributed by atoms with Crippen LogP contribution in [0.3, 0.4) is 0 Å². The molecule has 0 aliphatic carbocycles. The second kappa shape index (κ2) is 11.7. The van der Waals surface area contributed by atoms with Gasteiger partial charge in [-0.25, -0.2) is 0 Å². The van der Waals surface area contributed by atoms with Crippen LogP contribution in [0.1, 0.15) is 47.9 Å². The number of hydrogen-bond acceptors (Lipinski definition) is 4. The fourth-order valence-electron chi connectivity index (χ4n) is 5.42. The summed E-state index contributed by atoms with van der Waals surface area (Å²) >= 11 is 0. The number of benzene rings is 3. The molecule has 0 unspecified atom stereocenters. The third-order valence-corrected chi connectivity index (χ3v) is 7.54. The Labute approximate surface area is 228 Å². The van der Waals surface area contributed by atoms with Crippen LogP contribution < -0.4 is 10.9 Å². The highest BCUT2D eigenvalue weighted by molar-refractivity contribution is 6.08. The standard InChI is InChI=1S/C32H34N4O3/c1-3-28(24-12-6-4-7-13-24)33-31(38)30-26-16-10-11-17-27(26)32(39)36(25-14-8-5-9-15-25)29(30)22-34-18-20-35(21-19-34)23(2)37/h4-17,28H,3,18-22H2,1-2H3,(H,33,38)/t28-/m0/s1. The molecular formula is C32H34N4O3. The lowest BCUT2D eigenvalue weighted by Crippen LogP contribution is -2.48. The Morgan fingerprint density at radius 3 is 2.03 bits per heavy atom. The maximum Gasteiger partial charge on any atom is 0.263 e. The number of fused-ring (bicyclic) bond motifs is 1. The molecule has 1 atom stereocenters. The van der Waals surface area contributed by atoms with E-state index in [4.69, 9.17) is 0 Å². The molecule has 1 aliphatic rings. The number of nitrogens with zero attached hydrogens (tertiary/aromatic N) is 3. The monoisotopic (exact) mass is 522 g/mol. The first kappa shape index (κ1) is 26.4. The molecule has 200 valence electrons. The first-order valence-electron chi connectivity index (χ1n) is 13.5. The highest BCUT2D eigenvalue weighted by atomic mass is 16.2. The molecule has 1 saturated heterocycles. The Kier molecular flexibility index (Phi) is 7.89. The summed E-state index contributed by atoms with van der Waals surface area (Å²) in [7, 11) is 0. The van der Waals surface area contributed by atoms with Gasteiger partial charge in [0.1, 0.15) is 0 Å². The Bertz CT molecular complexity index is 1520. The summed E-state index contributed by atoms with van der Waals surface area (Å²) in [6.45, 7) is 6.61. The minimum atomic E-state index is -0.205. The number of amides is 2. The van der Waals surface area contributed by atoms with E-state index in [0.29, 0.717) is 54.8 Å². The Hall–Kier alpha value is -4.23. The Balaban J connectivity index is 1.65. The molecule has 0 saturated carbocycles. The van der Waals surface area contributed by atoms with Crippen LogP contribution in [0.4, 0.5) is 0 Å². The zero-order chi connectivity index (χ0) is 27.4. The molecule has 1 aliphatic heterocycles. The van der Waals surface area contributed by atoms with Gasteiger partial charge in [-0.3, -0.25) is 23.9 Å². The van der Waals surface area contributed by atoms with Gasteiger partial charge in [0.15, 0.2) is 0 Å². The average Bonchev–Trinajstić information content (AvgIpc) is 2.97. The molecule has 5 rings (SSSR count). The first-order chi connectivity index (χ1) is 19.0. The predicted octanol–water partition coefficient (Wildman–Crippen LogP) is 4.54. The third kappa shape index (κ3) is 5.49. The van der Waals surface area contributed by atoms with Crippen molar-refractivity contribution in [2.24, 2.45) is 0 Å². The first-order valence-corrected chi connectivity index (χ1v) is 13.5. The fraction of sp³-hybridized carbons (Fsp3) is 0.281. The molecule has 7 nitrogen and oxygen atoms in total. The van der Waals surface area contributed by atoms with E-state index >= 15 is 0 Å². The Morgan fingerprint density at radius 1 is 0.821 bits per heavy atom. The van der Waals surface area contributed by atoms with Gasteiger partial charge in [0.05, 0.1) is 17.3 Å². The highest BCUT2D eigenvalue weighted by Gasteiger charge is 2.27. The maximum atomic E-state index is 14.2. The molecule has 1 fully saturated rings. The molecule has 2 heterocycles. The van der Waals surface area contributed by atoms with Crippen LogP contribution in [0, 0.1) is 0 Å². The van der Waals surface area contributed by atoms with E-state index in [1.165, 1.54) is 0 Å². The average molecular weight is 523 g/mol. The number of nitrogens with one attached hydrogen (secondary N) is 1. The van der Waals surface area contributed by atoms with Crippen LogP contribution in [0.5, 0.6) is 0 Å². The summed E-state index contributed by atoms with van der Waals surface area (Å²) in [4.78, 5) is 44.1. The van der Waals surface area contributed by atoms with Crippen LogP contribution in [-0.2, 0) is 11.3 Å². The number of aromatic nitrogens is 1. The SMILES string of the molecule is CC[C@H](NC(=O)c1c(CN2CCN(C(C)=O)CC2)n(-c2ccccc2)c(=O)c2ccccc12)c1ccccc1. The molecule has 39 heavy (non-hydrogen) atoms. The van der Waals surface area contributed by atoms with Gasteiger partial charge in [0.2, 0.25) is 5.91 Å². The Morgan fingerprint density at radius 2 is 1.41 bits per heavy atom. The van der Waals surface area contributed by atoms with Gasteiger partial charge in [-0.05, 0) is 30.2 Å². The number of rotatable bonds is 7. The zero-order valence-electron chi connectivity index (χ0n) is 22.5. The van der Waals surface area contributed by atoms with E-state index in [0.717, 1.165) is 17.7 Å². The van der Waals surface area contributed by atoms with Crippen LogP contribution in [0.15, 0.2) is 89.7 Å². The van der Waals surface area contributed by atoms with Gasteiger partial charge in [0.25, 0.3) is 11.5 Å². The minimum Gasteiger partial charge on any atom is -0.345 e. The van der Waals surface area contributed by atoms with E-state index in [2.05, 4.69) is 17.1 Å². The minimum absolute atomic E-state index is 0.0631. The molecule has 1 aromatic heterocycles. The normalized spacial score (nSPS) is 14.8. The third-order valence-electron chi connectivity index (χ3n) is 7.54. The summed E-state index contributed by atoms with van der Waals surface area (Å²) in [5, 5.41) is 4.41. The van der Waals surface area contributed by atoms with Crippen molar-refractivity contribution in [2.75, 3.05) is 26.2 Å². The second-order valence-electron chi connectivity index (χ2n) is 9.97. The number of carbonyl (C=O) groups excluding carboxylic acids is 2. The zero-order valence-corrected chi connectivity index (χ0v) is 22.5. The van der Waals surface area contributed by atoms with Crippen molar-refractivity contribution in [3.8, 4) is 5.69 Å². The van der Waals surface area contributed by atoms with Crippen molar-refractivity contribution >= 4 is 22.6 Å². The molecule has 4 aromatic rings. The van der Waals surface area contributed by atoms with Crippen LogP contribution in [0.2, 0.25) is 0 Å². The number of para-hydroxylation sites is 1. The number of hydrogen-bond donors (Lipinski definition) is 1. The molecular weight excluding hydrogens is 488 g/mol. The fourth-order valence-corrected chi connectivity index (χ4v) is 5.42. The van der Waals surface area contributed by atoms with Crippen LogP contribution in [0.25, 0.3) is 16.5 Å². The van der Waals surface area contributed by atoms with E-state index in [9.17, 15) is 14.4 Å². The van der Waals surface area contributed by atoms with Gasteiger partial charge in [-0.2, -0.15) is 0 Å². The largest absolute Gasteiger partial charge is 0.345 e. The van der Waals surface area contributed by atoms with E-state index in [-0.39, 0.29) is 23.4 Å². The van der Waals surface area contributed by atoms with Crippen molar-refractivity contribution in [1.82, 2.24) is 19.7 Å². The lowest BCUT2D eigenvalue weighted by Gasteiger charge is -2.35. The van der Waals surface area contributed by atoms with E-state index < -0.39 is 0 Å². The van der Waals surface area contributed by atoms with Gasteiger partial charge in [0, 0.05) is 56.1 Å². The van der Waals surface area contributed by atoms with Crippen molar-refractivity contribution < 1.29 is 9.59 Å². The molecule has 2 amide bonds. The molecule has 0 radical (unpaired) electrons. The lowest BCUT2D eigenvalue weighted by atomic mass is 9.99.